The van der Waals surface area contributed by atoms with E-state index in [1.54, 1.807) is 50.1 Å². The third-order valence-corrected chi connectivity index (χ3v) is 7.81. The van der Waals surface area contributed by atoms with Crippen LogP contribution in [0.2, 0.25) is 0 Å². The van der Waals surface area contributed by atoms with E-state index >= 15 is 8.78 Å². The van der Waals surface area contributed by atoms with Crippen LogP contribution >= 0.6 is 11.8 Å². The molecule has 1 aromatic heterocycles. The third kappa shape index (κ3) is 7.99. The molecule has 0 bridgehead atoms. The fourth-order valence-corrected chi connectivity index (χ4v) is 5.44. The first-order valence-corrected chi connectivity index (χ1v) is 14.9. The van der Waals surface area contributed by atoms with Gasteiger partial charge < -0.3 is 29.6 Å². The van der Waals surface area contributed by atoms with Crippen molar-refractivity contribution in [3.8, 4) is 22.9 Å². The molecular weight excluding hydrogens is 593 g/mol. The summed E-state index contributed by atoms with van der Waals surface area (Å²) < 4.78 is 68.1. The molecule has 0 aliphatic rings. The van der Waals surface area contributed by atoms with Gasteiger partial charge in [-0.05, 0) is 57.2 Å². The molecule has 3 aromatic carbocycles. The van der Waals surface area contributed by atoms with E-state index in [9.17, 15) is 4.39 Å². The molecule has 0 aliphatic heterocycles. The number of hydrogen-bond donors (Lipinski definition) is 1. The number of benzene rings is 3. The van der Waals surface area contributed by atoms with Crippen molar-refractivity contribution < 1.29 is 32.1 Å². The highest BCUT2D eigenvalue weighted by Crippen LogP contribution is 2.37. The SMILES string of the molecule is COc1ccc(N(C)c2cnc(SCc3c(F)cc(OC(C)(C)CCOC(C)N)cc3F)n2-c2ccc(F)cc2)cc1OC. The van der Waals surface area contributed by atoms with E-state index in [2.05, 4.69) is 4.98 Å². The zero-order chi connectivity index (χ0) is 32.0. The van der Waals surface area contributed by atoms with Gasteiger partial charge in [0, 0.05) is 54.4 Å². The summed E-state index contributed by atoms with van der Waals surface area (Å²) in [4.78, 5) is 6.44. The van der Waals surface area contributed by atoms with Crippen LogP contribution in [-0.4, -0.2) is 49.3 Å². The van der Waals surface area contributed by atoms with E-state index in [0.29, 0.717) is 41.2 Å². The molecule has 0 spiro atoms. The summed E-state index contributed by atoms with van der Waals surface area (Å²) in [5, 5.41) is 0.452. The predicted octanol–water partition coefficient (Wildman–Crippen LogP) is 7.24. The molecule has 12 heteroatoms. The van der Waals surface area contributed by atoms with Crippen LogP contribution in [0.4, 0.5) is 24.7 Å². The van der Waals surface area contributed by atoms with E-state index in [4.69, 9.17) is 24.7 Å². The number of thioether (sulfide) groups is 1. The zero-order valence-electron chi connectivity index (χ0n) is 25.6. The number of aromatic nitrogens is 2. The molecule has 8 nitrogen and oxygen atoms in total. The fourth-order valence-electron chi connectivity index (χ4n) is 4.44. The molecule has 0 saturated heterocycles. The van der Waals surface area contributed by atoms with Gasteiger partial charge in [0.15, 0.2) is 16.7 Å². The highest BCUT2D eigenvalue weighted by atomic mass is 32.2. The Morgan fingerprint density at radius 3 is 2.25 bits per heavy atom. The van der Waals surface area contributed by atoms with Gasteiger partial charge in [-0.3, -0.25) is 4.57 Å². The van der Waals surface area contributed by atoms with Gasteiger partial charge in [0.2, 0.25) is 0 Å². The molecule has 0 radical (unpaired) electrons. The molecule has 4 rings (SSSR count). The summed E-state index contributed by atoms with van der Waals surface area (Å²) in [6.07, 6.45) is 1.70. The van der Waals surface area contributed by atoms with Gasteiger partial charge in [0.1, 0.15) is 40.8 Å². The molecule has 1 atom stereocenters. The van der Waals surface area contributed by atoms with Crippen molar-refractivity contribution in [3.05, 3.63) is 83.8 Å². The molecule has 0 aliphatic carbocycles. The highest BCUT2D eigenvalue weighted by molar-refractivity contribution is 7.98. The standard InChI is InChI=1S/C32H37F3N4O4S/c1-20(36)42-14-13-32(2,3)43-24-16-26(34)25(27(35)17-24)19-44-31-37-18-30(39(31)22-9-7-21(33)8-10-22)38(4)23-11-12-28(40-5)29(15-23)41-6/h7-12,15-18,20H,13-14,19,36H2,1-6H3. The van der Waals surface area contributed by atoms with Crippen LogP contribution in [-0.2, 0) is 10.5 Å². The summed E-state index contributed by atoms with van der Waals surface area (Å²) in [5.41, 5.74) is 6.14. The van der Waals surface area contributed by atoms with Crippen molar-refractivity contribution in [2.24, 2.45) is 5.73 Å². The van der Waals surface area contributed by atoms with Crippen molar-refractivity contribution in [1.29, 1.82) is 0 Å². The zero-order valence-corrected chi connectivity index (χ0v) is 26.4. The number of hydrogen-bond acceptors (Lipinski definition) is 8. The summed E-state index contributed by atoms with van der Waals surface area (Å²) in [6, 6.07) is 13.7. The Bertz CT molecular complexity index is 1540. The van der Waals surface area contributed by atoms with Crippen LogP contribution in [0.1, 0.15) is 32.8 Å². The maximum atomic E-state index is 15.2. The number of ether oxygens (including phenoxy) is 4. The van der Waals surface area contributed by atoms with E-state index < -0.39 is 29.3 Å². The van der Waals surface area contributed by atoms with Crippen LogP contribution in [0.3, 0.4) is 0 Å². The Morgan fingerprint density at radius 1 is 0.977 bits per heavy atom. The predicted molar refractivity (Wildman–Crippen MR) is 166 cm³/mol. The molecule has 1 heterocycles. The number of anilines is 2. The summed E-state index contributed by atoms with van der Waals surface area (Å²) >= 11 is 1.14. The van der Waals surface area contributed by atoms with Gasteiger partial charge in [-0.1, -0.05) is 11.8 Å². The number of nitrogens with zero attached hydrogens (tertiary/aromatic N) is 3. The molecule has 4 aromatic rings. The van der Waals surface area contributed by atoms with Gasteiger partial charge in [0.25, 0.3) is 0 Å². The molecule has 2 N–H and O–H groups in total. The maximum Gasteiger partial charge on any atom is 0.174 e. The Hall–Kier alpha value is -3.87. The van der Waals surface area contributed by atoms with Crippen molar-refractivity contribution in [2.45, 2.75) is 49.9 Å². The van der Waals surface area contributed by atoms with E-state index in [-0.39, 0.29) is 17.1 Å². The summed E-state index contributed by atoms with van der Waals surface area (Å²) in [5.74, 6) is -0.102. The quantitative estimate of drug-likeness (QED) is 0.115. The second-order valence-electron chi connectivity index (χ2n) is 10.7. The summed E-state index contributed by atoms with van der Waals surface area (Å²) in [7, 11) is 4.95. The molecule has 236 valence electrons. The van der Waals surface area contributed by atoms with Gasteiger partial charge >= 0.3 is 0 Å². The fraction of sp³-hybridized carbons (Fsp3) is 0.344. The topological polar surface area (TPSA) is 84.0 Å². The monoisotopic (exact) mass is 630 g/mol. The average Bonchev–Trinajstić information content (AvgIpc) is 3.39. The van der Waals surface area contributed by atoms with Crippen LogP contribution in [0.25, 0.3) is 5.69 Å². The lowest BCUT2D eigenvalue weighted by molar-refractivity contribution is 0.0187. The second kappa shape index (κ2) is 14.3. The van der Waals surface area contributed by atoms with Crippen molar-refractivity contribution >= 4 is 23.3 Å². The Morgan fingerprint density at radius 2 is 1.64 bits per heavy atom. The molecule has 0 amide bonds. The molecule has 1 unspecified atom stereocenters. The number of imidazole rings is 1. The van der Waals surface area contributed by atoms with Gasteiger partial charge in [-0.15, -0.1) is 0 Å². The number of halogens is 3. The number of rotatable bonds is 14. The first-order valence-electron chi connectivity index (χ1n) is 13.9. The minimum absolute atomic E-state index is 0.0543. The lowest BCUT2D eigenvalue weighted by atomic mass is 10.1. The second-order valence-corrected chi connectivity index (χ2v) is 11.6. The Balaban J connectivity index is 1.60. The van der Waals surface area contributed by atoms with E-state index in [1.165, 1.54) is 24.3 Å². The molecule has 0 saturated carbocycles. The summed E-state index contributed by atoms with van der Waals surface area (Å²) in [6.45, 7) is 5.68. The van der Waals surface area contributed by atoms with Crippen LogP contribution in [0.5, 0.6) is 17.2 Å². The lowest BCUT2D eigenvalue weighted by Gasteiger charge is -2.27. The first-order chi connectivity index (χ1) is 20.9. The Labute approximate surface area is 259 Å². The lowest BCUT2D eigenvalue weighted by Crippen LogP contribution is -2.31. The van der Waals surface area contributed by atoms with Gasteiger partial charge in [0.05, 0.1) is 27.0 Å². The first kappa shape index (κ1) is 33.0. The van der Waals surface area contributed by atoms with E-state index in [0.717, 1.165) is 17.4 Å². The van der Waals surface area contributed by atoms with Gasteiger partial charge in [-0.25, -0.2) is 18.2 Å². The van der Waals surface area contributed by atoms with Crippen molar-refractivity contribution in [3.63, 3.8) is 0 Å². The van der Waals surface area contributed by atoms with E-state index in [1.807, 2.05) is 37.9 Å². The highest BCUT2D eigenvalue weighted by Gasteiger charge is 2.23. The third-order valence-electron chi connectivity index (χ3n) is 6.83. The van der Waals surface area contributed by atoms with Gasteiger partial charge in [-0.2, -0.15) is 0 Å². The molecule has 44 heavy (non-hydrogen) atoms. The smallest absolute Gasteiger partial charge is 0.174 e. The molecular formula is C32H37F3N4O4S. The Kier molecular flexibility index (Phi) is 10.7. The maximum absolute atomic E-state index is 15.2. The minimum atomic E-state index is -0.738. The number of methoxy groups -OCH3 is 2. The van der Waals surface area contributed by atoms with Crippen molar-refractivity contribution in [1.82, 2.24) is 9.55 Å². The normalized spacial score (nSPS) is 12.2. The van der Waals surface area contributed by atoms with Crippen LogP contribution < -0.4 is 24.8 Å². The molecule has 0 fully saturated rings. The van der Waals surface area contributed by atoms with Crippen LogP contribution in [0.15, 0.2) is 66.0 Å². The van der Waals surface area contributed by atoms with Crippen LogP contribution in [0, 0.1) is 17.5 Å². The largest absolute Gasteiger partial charge is 0.493 e. The average molecular weight is 631 g/mol. The number of nitrogens with two attached hydrogens (primary N) is 1. The van der Waals surface area contributed by atoms with Crippen molar-refractivity contribution in [2.75, 3.05) is 32.8 Å². The minimum Gasteiger partial charge on any atom is -0.493 e.